The van der Waals surface area contributed by atoms with Crippen molar-refractivity contribution in [2.75, 3.05) is 12.4 Å². The highest BCUT2D eigenvalue weighted by atomic mass is 79.9. The van der Waals surface area contributed by atoms with E-state index in [0.717, 1.165) is 32.6 Å². The van der Waals surface area contributed by atoms with E-state index >= 15 is 0 Å². The zero-order valence-corrected chi connectivity index (χ0v) is 12.1. The lowest BCUT2D eigenvalue weighted by Gasteiger charge is -2.07. The first-order valence-corrected chi connectivity index (χ1v) is 6.63. The Morgan fingerprint density at radius 2 is 2.11 bits per heavy atom. The van der Waals surface area contributed by atoms with Gasteiger partial charge in [0.2, 0.25) is 0 Å². The van der Waals surface area contributed by atoms with Crippen molar-refractivity contribution in [3.63, 3.8) is 0 Å². The molecule has 3 rings (SSSR count). The monoisotopic (exact) mass is 317 g/mol. The molecule has 0 amide bonds. The molecular formula is C13H12BrN5. The van der Waals surface area contributed by atoms with Crippen molar-refractivity contribution in [2.24, 2.45) is 0 Å². The molecule has 0 saturated heterocycles. The second-order valence-electron chi connectivity index (χ2n) is 4.20. The van der Waals surface area contributed by atoms with Crippen LogP contribution in [-0.2, 0) is 0 Å². The largest absolute Gasteiger partial charge is 0.372 e. The maximum Gasteiger partial charge on any atom is 0.168 e. The van der Waals surface area contributed by atoms with Crippen LogP contribution in [0.4, 0.5) is 5.82 Å². The van der Waals surface area contributed by atoms with E-state index in [2.05, 4.69) is 42.4 Å². The fourth-order valence-electron chi connectivity index (χ4n) is 2.08. The fraction of sp³-hybridized carbons (Fsp3) is 0.154. The normalized spacial score (nSPS) is 10.9. The van der Waals surface area contributed by atoms with Gasteiger partial charge in [-0.25, -0.2) is 14.6 Å². The third-order valence-corrected chi connectivity index (χ3v) is 3.48. The quantitative estimate of drug-likeness (QED) is 0.789. The van der Waals surface area contributed by atoms with Crippen LogP contribution in [0, 0.1) is 6.92 Å². The molecule has 0 bridgehead atoms. The minimum Gasteiger partial charge on any atom is -0.372 e. The van der Waals surface area contributed by atoms with Crippen LogP contribution >= 0.6 is 15.9 Å². The smallest absolute Gasteiger partial charge is 0.168 e. The molecule has 0 aliphatic rings. The molecule has 0 radical (unpaired) electrons. The molecule has 2 aromatic heterocycles. The van der Waals surface area contributed by atoms with Gasteiger partial charge in [-0.2, -0.15) is 5.10 Å². The highest BCUT2D eigenvalue weighted by Crippen LogP contribution is 2.24. The highest BCUT2D eigenvalue weighted by molar-refractivity contribution is 9.10. The lowest BCUT2D eigenvalue weighted by molar-refractivity contribution is 0.887. The Kier molecular flexibility index (Phi) is 2.94. The number of benzene rings is 1. The van der Waals surface area contributed by atoms with E-state index in [0.29, 0.717) is 0 Å². The minimum absolute atomic E-state index is 0.783. The zero-order valence-electron chi connectivity index (χ0n) is 10.6. The van der Waals surface area contributed by atoms with Gasteiger partial charge in [-0.05, 0) is 30.7 Å². The van der Waals surface area contributed by atoms with Gasteiger partial charge in [-0.15, -0.1) is 0 Å². The van der Waals surface area contributed by atoms with Crippen LogP contribution in [0.25, 0.3) is 16.7 Å². The molecule has 0 fully saturated rings. The predicted octanol–water partition coefficient (Wildman–Crippen LogP) is 2.93. The zero-order chi connectivity index (χ0) is 13.4. The summed E-state index contributed by atoms with van der Waals surface area (Å²) in [5, 5.41) is 8.38. The van der Waals surface area contributed by atoms with E-state index in [1.165, 1.54) is 0 Å². The molecule has 2 heterocycles. The summed E-state index contributed by atoms with van der Waals surface area (Å²) in [6.45, 7) is 2.05. The summed E-state index contributed by atoms with van der Waals surface area (Å²) in [5.41, 5.74) is 2.94. The standard InChI is InChI=1S/C13H12BrN5/c1-8-5-9(14)3-4-11(8)19-13-10(6-18-19)12(15-2)16-7-17-13/h3-7H,1-2H3,(H,15,16,17). The molecule has 0 saturated carbocycles. The second-order valence-corrected chi connectivity index (χ2v) is 5.11. The molecule has 0 atom stereocenters. The average Bonchev–Trinajstić information content (AvgIpc) is 2.82. The van der Waals surface area contributed by atoms with Gasteiger partial charge in [0.25, 0.3) is 0 Å². The fourth-order valence-corrected chi connectivity index (χ4v) is 2.55. The Balaban J connectivity index is 2.26. The summed E-state index contributed by atoms with van der Waals surface area (Å²) in [5.74, 6) is 0.783. The van der Waals surface area contributed by atoms with Gasteiger partial charge in [0, 0.05) is 11.5 Å². The van der Waals surface area contributed by atoms with Crippen molar-refractivity contribution in [2.45, 2.75) is 6.92 Å². The number of rotatable bonds is 2. The first-order chi connectivity index (χ1) is 9.20. The third-order valence-electron chi connectivity index (χ3n) is 2.99. The summed E-state index contributed by atoms with van der Waals surface area (Å²) in [4.78, 5) is 8.51. The number of nitrogens with zero attached hydrogens (tertiary/aromatic N) is 4. The van der Waals surface area contributed by atoms with Gasteiger partial charge in [0.15, 0.2) is 5.65 Å². The van der Waals surface area contributed by atoms with Gasteiger partial charge < -0.3 is 5.32 Å². The molecule has 6 heteroatoms. The minimum atomic E-state index is 0.783. The van der Waals surface area contributed by atoms with E-state index in [-0.39, 0.29) is 0 Å². The van der Waals surface area contributed by atoms with Crippen molar-refractivity contribution < 1.29 is 0 Å². The molecule has 5 nitrogen and oxygen atoms in total. The topological polar surface area (TPSA) is 55.6 Å². The maximum atomic E-state index is 4.42. The number of hydrogen-bond donors (Lipinski definition) is 1. The maximum absolute atomic E-state index is 4.42. The summed E-state index contributed by atoms with van der Waals surface area (Å²) in [7, 11) is 1.84. The highest BCUT2D eigenvalue weighted by Gasteiger charge is 2.11. The van der Waals surface area contributed by atoms with E-state index < -0.39 is 0 Å². The average molecular weight is 318 g/mol. The van der Waals surface area contributed by atoms with Crippen LogP contribution in [0.15, 0.2) is 35.2 Å². The summed E-state index contributed by atoms with van der Waals surface area (Å²) in [6.07, 6.45) is 3.32. The first-order valence-electron chi connectivity index (χ1n) is 5.83. The number of hydrogen-bond acceptors (Lipinski definition) is 4. The predicted molar refractivity (Wildman–Crippen MR) is 78.6 cm³/mol. The van der Waals surface area contributed by atoms with Crippen molar-refractivity contribution in [3.05, 3.63) is 40.8 Å². The number of anilines is 1. The molecule has 0 aliphatic heterocycles. The lowest BCUT2D eigenvalue weighted by atomic mass is 10.2. The second kappa shape index (κ2) is 4.62. The van der Waals surface area contributed by atoms with Crippen molar-refractivity contribution in [1.29, 1.82) is 0 Å². The molecule has 1 N–H and O–H groups in total. The Morgan fingerprint density at radius 3 is 2.84 bits per heavy atom. The van der Waals surface area contributed by atoms with Gasteiger partial charge in [-0.3, -0.25) is 0 Å². The summed E-state index contributed by atoms with van der Waals surface area (Å²) in [6, 6.07) is 6.08. The molecule has 96 valence electrons. The molecule has 0 spiro atoms. The lowest BCUT2D eigenvalue weighted by Crippen LogP contribution is -2.01. The molecule has 19 heavy (non-hydrogen) atoms. The van der Waals surface area contributed by atoms with Crippen molar-refractivity contribution >= 4 is 32.8 Å². The van der Waals surface area contributed by atoms with Crippen LogP contribution in [0.5, 0.6) is 0 Å². The Hall–Kier alpha value is -1.95. The SMILES string of the molecule is CNc1ncnc2c1cnn2-c1ccc(Br)cc1C. The van der Waals surface area contributed by atoms with E-state index in [1.807, 2.05) is 30.8 Å². The molecule has 0 unspecified atom stereocenters. The Morgan fingerprint density at radius 1 is 1.26 bits per heavy atom. The van der Waals surface area contributed by atoms with E-state index in [1.54, 1.807) is 12.5 Å². The van der Waals surface area contributed by atoms with Gasteiger partial charge >= 0.3 is 0 Å². The van der Waals surface area contributed by atoms with Crippen LogP contribution in [-0.4, -0.2) is 26.8 Å². The summed E-state index contributed by atoms with van der Waals surface area (Å²) < 4.78 is 2.88. The molecular weight excluding hydrogens is 306 g/mol. The number of fused-ring (bicyclic) bond motifs is 1. The third kappa shape index (κ3) is 1.98. The van der Waals surface area contributed by atoms with Gasteiger partial charge in [0.05, 0.1) is 17.3 Å². The van der Waals surface area contributed by atoms with Crippen LogP contribution in [0.1, 0.15) is 5.56 Å². The first kappa shape index (κ1) is 12.1. The van der Waals surface area contributed by atoms with Crippen molar-refractivity contribution in [1.82, 2.24) is 19.7 Å². The van der Waals surface area contributed by atoms with E-state index in [4.69, 9.17) is 0 Å². The summed E-state index contributed by atoms with van der Waals surface area (Å²) >= 11 is 3.47. The number of halogens is 1. The molecule has 3 aromatic rings. The molecule has 0 aliphatic carbocycles. The Bertz CT molecular complexity index is 750. The van der Waals surface area contributed by atoms with Gasteiger partial charge in [0.1, 0.15) is 12.1 Å². The number of aromatic nitrogens is 4. The van der Waals surface area contributed by atoms with Gasteiger partial charge in [-0.1, -0.05) is 15.9 Å². The van der Waals surface area contributed by atoms with Crippen LogP contribution in [0.2, 0.25) is 0 Å². The number of nitrogens with one attached hydrogen (secondary N) is 1. The molecule has 1 aromatic carbocycles. The van der Waals surface area contributed by atoms with Crippen LogP contribution < -0.4 is 5.32 Å². The Labute approximate surface area is 118 Å². The van der Waals surface area contributed by atoms with Crippen LogP contribution in [0.3, 0.4) is 0 Å². The number of aryl methyl sites for hydroxylation is 1. The van der Waals surface area contributed by atoms with E-state index in [9.17, 15) is 0 Å². The van der Waals surface area contributed by atoms with Crippen molar-refractivity contribution in [3.8, 4) is 5.69 Å².